The van der Waals surface area contributed by atoms with Crippen LogP contribution in [0, 0.1) is 0 Å². The highest BCUT2D eigenvalue weighted by Gasteiger charge is 2.06. The van der Waals surface area contributed by atoms with Crippen LogP contribution in [-0.2, 0) is 6.54 Å². The highest BCUT2D eigenvalue weighted by Crippen LogP contribution is 2.21. The Labute approximate surface area is 115 Å². The predicted molar refractivity (Wildman–Crippen MR) is 79.3 cm³/mol. The maximum absolute atomic E-state index is 12.3. The Balaban J connectivity index is 2.21. The van der Waals surface area contributed by atoms with Crippen LogP contribution in [0.2, 0.25) is 0 Å². The molecule has 100 valence electrons. The summed E-state index contributed by atoms with van der Waals surface area (Å²) < 4.78 is 1.59. The summed E-state index contributed by atoms with van der Waals surface area (Å²) in [6, 6.07) is 9.26. The molecule has 0 unspecified atom stereocenters. The summed E-state index contributed by atoms with van der Waals surface area (Å²) in [7, 11) is 0. The number of nitrogens with two attached hydrogens (primary N) is 1. The fraction of sp³-hybridized carbons (Fsp3) is 0.133. The molecule has 0 radical (unpaired) electrons. The quantitative estimate of drug-likeness (QED) is 0.770. The SMILES string of the molecule is CCn1cnc2ccc(-c3ccc(N)nc3)cc2c1=O. The first-order chi connectivity index (χ1) is 9.69. The van der Waals surface area contributed by atoms with Crippen LogP contribution in [0.4, 0.5) is 5.82 Å². The molecule has 0 atom stereocenters. The Morgan fingerprint density at radius 3 is 2.65 bits per heavy atom. The molecule has 0 fully saturated rings. The first kappa shape index (κ1) is 12.3. The van der Waals surface area contributed by atoms with Crippen molar-refractivity contribution in [3.05, 3.63) is 53.2 Å². The van der Waals surface area contributed by atoms with E-state index in [9.17, 15) is 4.79 Å². The van der Waals surface area contributed by atoms with Crippen LogP contribution in [-0.4, -0.2) is 14.5 Å². The van der Waals surface area contributed by atoms with Gasteiger partial charge in [0.05, 0.1) is 17.2 Å². The minimum atomic E-state index is -0.0252. The number of anilines is 1. The normalized spacial score (nSPS) is 10.8. The molecule has 0 bridgehead atoms. The first-order valence-corrected chi connectivity index (χ1v) is 6.40. The maximum Gasteiger partial charge on any atom is 0.261 e. The molecule has 3 aromatic rings. The largest absolute Gasteiger partial charge is 0.384 e. The van der Waals surface area contributed by atoms with Crippen LogP contribution in [0.5, 0.6) is 0 Å². The number of rotatable bonds is 2. The van der Waals surface area contributed by atoms with Crippen molar-refractivity contribution in [1.29, 1.82) is 0 Å². The number of fused-ring (bicyclic) bond motifs is 1. The van der Waals surface area contributed by atoms with Crippen molar-refractivity contribution >= 4 is 16.7 Å². The molecule has 2 N–H and O–H groups in total. The molecule has 20 heavy (non-hydrogen) atoms. The average molecular weight is 266 g/mol. The lowest BCUT2D eigenvalue weighted by Crippen LogP contribution is -2.19. The zero-order chi connectivity index (χ0) is 14.1. The van der Waals surface area contributed by atoms with Crippen LogP contribution in [0.15, 0.2) is 47.7 Å². The molecule has 2 heterocycles. The van der Waals surface area contributed by atoms with Gasteiger partial charge in [0, 0.05) is 18.3 Å². The van der Waals surface area contributed by atoms with E-state index in [-0.39, 0.29) is 5.56 Å². The Kier molecular flexibility index (Phi) is 2.95. The second-order valence-corrected chi connectivity index (χ2v) is 4.54. The fourth-order valence-corrected chi connectivity index (χ4v) is 2.14. The molecule has 0 aliphatic rings. The van der Waals surface area contributed by atoms with Crippen LogP contribution in [0.3, 0.4) is 0 Å². The summed E-state index contributed by atoms with van der Waals surface area (Å²) in [5, 5.41) is 0.615. The molecular formula is C15H14N4O. The highest BCUT2D eigenvalue weighted by atomic mass is 16.1. The lowest BCUT2D eigenvalue weighted by atomic mass is 10.1. The summed E-state index contributed by atoms with van der Waals surface area (Å²) >= 11 is 0. The molecule has 2 aromatic heterocycles. The minimum Gasteiger partial charge on any atom is -0.384 e. The molecular weight excluding hydrogens is 252 g/mol. The molecule has 5 heteroatoms. The van der Waals surface area contributed by atoms with Crippen molar-refractivity contribution in [2.75, 3.05) is 5.73 Å². The number of benzene rings is 1. The van der Waals surface area contributed by atoms with Gasteiger partial charge in [-0.1, -0.05) is 6.07 Å². The number of aryl methyl sites for hydroxylation is 1. The van der Waals surface area contributed by atoms with Gasteiger partial charge < -0.3 is 5.73 Å². The van der Waals surface area contributed by atoms with Crippen LogP contribution in [0.1, 0.15) is 6.92 Å². The van der Waals surface area contributed by atoms with Gasteiger partial charge in [0.2, 0.25) is 0 Å². The van der Waals surface area contributed by atoms with Crippen molar-refractivity contribution < 1.29 is 0 Å². The minimum absolute atomic E-state index is 0.0252. The average Bonchev–Trinajstić information content (AvgIpc) is 2.48. The van der Waals surface area contributed by atoms with Gasteiger partial charge in [-0.25, -0.2) is 9.97 Å². The monoisotopic (exact) mass is 266 g/mol. The van der Waals surface area contributed by atoms with Crippen molar-refractivity contribution in [2.45, 2.75) is 13.5 Å². The van der Waals surface area contributed by atoms with E-state index < -0.39 is 0 Å². The van der Waals surface area contributed by atoms with E-state index in [4.69, 9.17) is 5.73 Å². The van der Waals surface area contributed by atoms with E-state index in [2.05, 4.69) is 9.97 Å². The zero-order valence-corrected chi connectivity index (χ0v) is 11.1. The number of nitrogen functional groups attached to an aromatic ring is 1. The van der Waals surface area contributed by atoms with E-state index in [0.29, 0.717) is 23.3 Å². The van der Waals surface area contributed by atoms with E-state index in [0.717, 1.165) is 11.1 Å². The number of pyridine rings is 1. The molecule has 0 spiro atoms. The van der Waals surface area contributed by atoms with Crippen LogP contribution in [0.25, 0.3) is 22.0 Å². The van der Waals surface area contributed by atoms with Crippen molar-refractivity contribution in [1.82, 2.24) is 14.5 Å². The van der Waals surface area contributed by atoms with Crippen LogP contribution >= 0.6 is 0 Å². The second-order valence-electron chi connectivity index (χ2n) is 4.54. The van der Waals surface area contributed by atoms with Gasteiger partial charge in [-0.2, -0.15) is 0 Å². The Morgan fingerprint density at radius 2 is 1.95 bits per heavy atom. The van der Waals surface area contributed by atoms with Crippen molar-refractivity contribution in [3.8, 4) is 11.1 Å². The lowest BCUT2D eigenvalue weighted by molar-refractivity contribution is 0.717. The third-order valence-corrected chi connectivity index (χ3v) is 3.28. The van der Waals surface area contributed by atoms with E-state index in [1.807, 2.05) is 31.2 Å². The van der Waals surface area contributed by atoms with Gasteiger partial charge in [-0.05, 0) is 36.8 Å². The first-order valence-electron chi connectivity index (χ1n) is 6.40. The molecule has 1 aromatic carbocycles. The third kappa shape index (κ3) is 2.03. The standard InChI is InChI=1S/C15H14N4O/c1-2-19-9-18-13-5-3-10(7-12(13)15(19)20)11-4-6-14(16)17-8-11/h3-9H,2H2,1H3,(H2,16,17). The number of aromatic nitrogens is 3. The second kappa shape index (κ2) is 4.77. The molecule has 0 amide bonds. The fourth-order valence-electron chi connectivity index (χ4n) is 2.14. The van der Waals surface area contributed by atoms with E-state index in [1.54, 1.807) is 23.2 Å². The molecule has 0 saturated heterocycles. The molecule has 3 rings (SSSR count). The number of hydrogen-bond acceptors (Lipinski definition) is 4. The summed E-state index contributed by atoms with van der Waals surface area (Å²) in [5.41, 5.74) is 8.11. The molecule has 0 aliphatic heterocycles. The Hall–Kier alpha value is -2.69. The lowest BCUT2D eigenvalue weighted by Gasteiger charge is -2.06. The van der Waals surface area contributed by atoms with E-state index in [1.165, 1.54) is 0 Å². The Morgan fingerprint density at radius 1 is 1.15 bits per heavy atom. The smallest absolute Gasteiger partial charge is 0.261 e. The van der Waals surface area contributed by atoms with E-state index >= 15 is 0 Å². The van der Waals surface area contributed by atoms with Gasteiger partial charge in [0.15, 0.2) is 0 Å². The highest BCUT2D eigenvalue weighted by molar-refractivity contribution is 5.83. The van der Waals surface area contributed by atoms with Gasteiger partial charge in [-0.15, -0.1) is 0 Å². The predicted octanol–water partition coefficient (Wildman–Crippen LogP) is 2.06. The topological polar surface area (TPSA) is 73.8 Å². The zero-order valence-electron chi connectivity index (χ0n) is 11.1. The number of hydrogen-bond donors (Lipinski definition) is 1. The maximum atomic E-state index is 12.3. The molecule has 5 nitrogen and oxygen atoms in total. The summed E-state index contributed by atoms with van der Waals surface area (Å²) in [6.45, 7) is 2.53. The van der Waals surface area contributed by atoms with Gasteiger partial charge >= 0.3 is 0 Å². The van der Waals surface area contributed by atoms with Gasteiger partial charge in [-0.3, -0.25) is 9.36 Å². The third-order valence-electron chi connectivity index (χ3n) is 3.28. The van der Waals surface area contributed by atoms with Gasteiger partial charge in [0.25, 0.3) is 5.56 Å². The Bertz CT molecular complexity index is 821. The summed E-state index contributed by atoms with van der Waals surface area (Å²) in [4.78, 5) is 20.6. The molecule has 0 saturated carbocycles. The van der Waals surface area contributed by atoms with Crippen molar-refractivity contribution in [2.24, 2.45) is 0 Å². The molecule has 0 aliphatic carbocycles. The number of nitrogens with zero attached hydrogens (tertiary/aromatic N) is 3. The summed E-state index contributed by atoms with van der Waals surface area (Å²) in [6.07, 6.45) is 3.28. The summed E-state index contributed by atoms with van der Waals surface area (Å²) in [5.74, 6) is 0.476. The van der Waals surface area contributed by atoms with Gasteiger partial charge in [0.1, 0.15) is 5.82 Å². The van der Waals surface area contributed by atoms with Crippen LogP contribution < -0.4 is 11.3 Å². The van der Waals surface area contributed by atoms with Crippen molar-refractivity contribution in [3.63, 3.8) is 0 Å².